The zero-order valence-electron chi connectivity index (χ0n) is 13.1. The number of benzene rings is 1. The van der Waals surface area contributed by atoms with E-state index >= 15 is 0 Å². The Hall–Kier alpha value is -2.23. The molecule has 2 amide bonds. The maximum atomic E-state index is 12.3. The smallest absolute Gasteiger partial charge is 0.317 e. The summed E-state index contributed by atoms with van der Waals surface area (Å²) in [6, 6.07) is 13.9. The zero-order chi connectivity index (χ0) is 15.6. The second kappa shape index (κ2) is 8.93. The van der Waals surface area contributed by atoms with Crippen molar-refractivity contribution in [2.75, 3.05) is 13.1 Å². The molecule has 0 bridgehead atoms. The van der Waals surface area contributed by atoms with E-state index in [2.05, 4.69) is 24.4 Å². The first-order valence-electron chi connectivity index (χ1n) is 7.88. The first kappa shape index (κ1) is 16.1. The number of carbonyl (C=O) groups excluding carboxylic acids is 1. The number of hydrogen-bond donors (Lipinski definition) is 1. The van der Waals surface area contributed by atoms with Gasteiger partial charge in [0.05, 0.1) is 12.8 Å². The summed E-state index contributed by atoms with van der Waals surface area (Å²) in [4.78, 5) is 14.1. The van der Waals surface area contributed by atoms with Gasteiger partial charge in [-0.3, -0.25) is 0 Å². The van der Waals surface area contributed by atoms with Crippen LogP contribution in [0.3, 0.4) is 0 Å². The molecule has 1 aromatic carbocycles. The van der Waals surface area contributed by atoms with E-state index in [1.54, 1.807) is 6.26 Å². The van der Waals surface area contributed by atoms with Crippen LogP contribution in [-0.4, -0.2) is 24.0 Å². The molecule has 4 nitrogen and oxygen atoms in total. The standard InChI is InChI=1S/C18H24N2O2/c1-2-3-12-19-18(21)20(15-17-10-7-14-22-17)13-11-16-8-5-4-6-9-16/h4-10,14H,2-3,11-13,15H2,1H3,(H,19,21). The monoisotopic (exact) mass is 300 g/mol. The van der Waals surface area contributed by atoms with Gasteiger partial charge in [-0.1, -0.05) is 43.7 Å². The van der Waals surface area contributed by atoms with Crippen LogP contribution < -0.4 is 5.32 Å². The minimum Gasteiger partial charge on any atom is -0.467 e. The van der Waals surface area contributed by atoms with Gasteiger partial charge in [0.2, 0.25) is 0 Å². The SMILES string of the molecule is CCCCNC(=O)N(CCc1ccccc1)Cc1ccco1. The lowest BCUT2D eigenvalue weighted by molar-refractivity contribution is 0.191. The number of carbonyl (C=O) groups is 1. The first-order valence-corrected chi connectivity index (χ1v) is 7.88. The second-order valence-electron chi connectivity index (χ2n) is 5.32. The normalized spacial score (nSPS) is 10.4. The number of unbranched alkanes of at least 4 members (excludes halogenated alkanes) is 1. The molecule has 118 valence electrons. The number of furan rings is 1. The molecule has 0 spiro atoms. The van der Waals surface area contributed by atoms with E-state index in [4.69, 9.17) is 4.42 Å². The van der Waals surface area contributed by atoms with E-state index in [0.717, 1.165) is 31.6 Å². The minimum atomic E-state index is -0.0271. The Bertz CT molecular complexity index is 537. The average molecular weight is 300 g/mol. The Morgan fingerprint density at radius 2 is 2.00 bits per heavy atom. The predicted octanol–water partition coefficient (Wildman–Crippen LogP) is 3.83. The molecule has 4 heteroatoms. The Balaban J connectivity index is 1.93. The van der Waals surface area contributed by atoms with E-state index in [-0.39, 0.29) is 6.03 Å². The Labute approximate surface area is 132 Å². The molecule has 0 aliphatic heterocycles. The quantitative estimate of drug-likeness (QED) is 0.753. The van der Waals surface area contributed by atoms with Crippen LogP contribution in [0.1, 0.15) is 31.1 Å². The number of nitrogens with one attached hydrogen (secondary N) is 1. The summed E-state index contributed by atoms with van der Waals surface area (Å²) in [6.07, 6.45) is 4.55. The predicted molar refractivity (Wildman–Crippen MR) is 87.6 cm³/mol. The summed E-state index contributed by atoms with van der Waals surface area (Å²) in [6.45, 7) is 4.00. The molecule has 22 heavy (non-hydrogen) atoms. The molecule has 0 saturated heterocycles. The van der Waals surface area contributed by atoms with Gasteiger partial charge in [-0.15, -0.1) is 0 Å². The van der Waals surface area contributed by atoms with Crippen LogP contribution in [0.5, 0.6) is 0 Å². The molecule has 1 N–H and O–H groups in total. The summed E-state index contributed by atoms with van der Waals surface area (Å²) >= 11 is 0. The highest BCUT2D eigenvalue weighted by Crippen LogP contribution is 2.08. The van der Waals surface area contributed by atoms with E-state index in [1.165, 1.54) is 5.56 Å². The van der Waals surface area contributed by atoms with Crippen LogP contribution in [0, 0.1) is 0 Å². The van der Waals surface area contributed by atoms with Gasteiger partial charge in [0.25, 0.3) is 0 Å². The van der Waals surface area contributed by atoms with Gasteiger partial charge < -0.3 is 14.6 Å². The highest BCUT2D eigenvalue weighted by Gasteiger charge is 2.14. The third kappa shape index (κ3) is 5.28. The van der Waals surface area contributed by atoms with Gasteiger partial charge in [0.15, 0.2) is 0 Å². The maximum Gasteiger partial charge on any atom is 0.317 e. The van der Waals surface area contributed by atoms with Crippen LogP contribution in [0.2, 0.25) is 0 Å². The van der Waals surface area contributed by atoms with Crippen molar-refractivity contribution in [2.24, 2.45) is 0 Å². The number of nitrogens with zero attached hydrogens (tertiary/aromatic N) is 1. The van der Waals surface area contributed by atoms with Crippen LogP contribution in [0.15, 0.2) is 53.1 Å². The van der Waals surface area contributed by atoms with Crippen LogP contribution >= 0.6 is 0 Å². The van der Waals surface area contributed by atoms with Crippen molar-refractivity contribution >= 4 is 6.03 Å². The summed E-state index contributed by atoms with van der Waals surface area (Å²) in [5.41, 5.74) is 1.23. The lowest BCUT2D eigenvalue weighted by Gasteiger charge is -2.22. The van der Waals surface area contributed by atoms with Gasteiger partial charge in [-0.2, -0.15) is 0 Å². The molecule has 0 saturated carbocycles. The second-order valence-corrected chi connectivity index (χ2v) is 5.32. The molecule has 0 atom stereocenters. The largest absolute Gasteiger partial charge is 0.467 e. The molecule has 1 heterocycles. The molecule has 0 unspecified atom stereocenters. The average Bonchev–Trinajstić information content (AvgIpc) is 3.05. The topological polar surface area (TPSA) is 45.5 Å². The third-order valence-corrected chi connectivity index (χ3v) is 3.53. The van der Waals surface area contributed by atoms with Gasteiger partial charge >= 0.3 is 6.03 Å². The minimum absolute atomic E-state index is 0.0271. The van der Waals surface area contributed by atoms with Crippen LogP contribution in [0.4, 0.5) is 4.79 Å². The fourth-order valence-electron chi connectivity index (χ4n) is 2.24. The Morgan fingerprint density at radius 1 is 1.18 bits per heavy atom. The van der Waals surface area contributed by atoms with Gasteiger partial charge in [0, 0.05) is 13.1 Å². The number of hydrogen-bond acceptors (Lipinski definition) is 2. The van der Waals surface area contributed by atoms with Crippen molar-refractivity contribution in [3.63, 3.8) is 0 Å². The molecule has 1 aromatic heterocycles. The first-order chi connectivity index (χ1) is 10.8. The summed E-state index contributed by atoms with van der Waals surface area (Å²) in [5, 5.41) is 2.98. The number of urea groups is 1. The molecule has 0 aliphatic rings. The Morgan fingerprint density at radius 3 is 2.68 bits per heavy atom. The number of rotatable bonds is 8. The van der Waals surface area contributed by atoms with E-state index in [9.17, 15) is 4.79 Å². The molecular weight excluding hydrogens is 276 g/mol. The molecule has 0 fully saturated rings. The molecule has 2 rings (SSSR count). The highest BCUT2D eigenvalue weighted by molar-refractivity contribution is 5.74. The summed E-state index contributed by atoms with van der Waals surface area (Å²) < 4.78 is 5.37. The Kier molecular flexibility index (Phi) is 6.55. The fraction of sp³-hybridized carbons (Fsp3) is 0.389. The van der Waals surface area contributed by atoms with Crippen molar-refractivity contribution in [2.45, 2.75) is 32.7 Å². The van der Waals surface area contributed by atoms with Crippen molar-refractivity contribution in [1.82, 2.24) is 10.2 Å². The molecular formula is C18H24N2O2. The van der Waals surface area contributed by atoms with Crippen molar-refractivity contribution in [1.29, 1.82) is 0 Å². The van der Waals surface area contributed by atoms with Crippen molar-refractivity contribution in [3.05, 3.63) is 60.1 Å². The summed E-state index contributed by atoms with van der Waals surface area (Å²) in [5.74, 6) is 0.804. The lowest BCUT2D eigenvalue weighted by Crippen LogP contribution is -2.41. The third-order valence-electron chi connectivity index (χ3n) is 3.53. The van der Waals surface area contributed by atoms with Crippen molar-refractivity contribution in [3.8, 4) is 0 Å². The van der Waals surface area contributed by atoms with Gasteiger partial charge in [0.1, 0.15) is 5.76 Å². The van der Waals surface area contributed by atoms with E-state index < -0.39 is 0 Å². The maximum absolute atomic E-state index is 12.3. The summed E-state index contributed by atoms with van der Waals surface area (Å²) in [7, 11) is 0. The molecule has 2 aromatic rings. The zero-order valence-corrected chi connectivity index (χ0v) is 13.1. The number of amides is 2. The highest BCUT2D eigenvalue weighted by atomic mass is 16.3. The molecule has 0 aliphatic carbocycles. The van der Waals surface area contributed by atoms with Gasteiger partial charge in [-0.05, 0) is 30.5 Å². The fourth-order valence-corrected chi connectivity index (χ4v) is 2.24. The molecule has 0 radical (unpaired) electrons. The lowest BCUT2D eigenvalue weighted by atomic mass is 10.1. The van der Waals surface area contributed by atoms with Crippen LogP contribution in [-0.2, 0) is 13.0 Å². The van der Waals surface area contributed by atoms with E-state index in [0.29, 0.717) is 13.1 Å². The van der Waals surface area contributed by atoms with Crippen molar-refractivity contribution < 1.29 is 9.21 Å². The van der Waals surface area contributed by atoms with E-state index in [1.807, 2.05) is 35.2 Å². The van der Waals surface area contributed by atoms with Gasteiger partial charge in [-0.25, -0.2) is 4.79 Å². The van der Waals surface area contributed by atoms with Crippen LogP contribution in [0.25, 0.3) is 0 Å².